The molecule has 0 saturated carbocycles. The van der Waals surface area contributed by atoms with Crippen LogP contribution in [0.1, 0.15) is 17.5 Å². The summed E-state index contributed by atoms with van der Waals surface area (Å²) in [5.41, 5.74) is 3.37. The molecule has 2 unspecified atom stereocenters. The van der Waals surface area contributed by atoms with Gasteiger partial charge in [0.2, 0.25) is 5.91 Å². The number of anilines is 1. The van der Waals surface area contributed by atoms with Gasteiger partial charge in [0.05, 0.1) is 6.54 Å². The number of benzene rings is 1. The molecule has 0 bridgehead atoms. The maximum atomic E-state index is 12.2. The number of carbonyl (C=O) groups excluding carboxylic acids is 1. The fourth-order valence-corrected chi connectivity index (χ4v) is 3.48. The predicted molar refractivity (Wildman–Crippen MR) is 85.5 cm³/mol. The van der Waals surface area contributed by atoms with Crippen LogP contribution in [0.4, 0.5) is 5.69 Å². The summed E-state index contributed by atoms with van der Waals surface area (Å²) in [4.78, 5) is 14.5. The van der Waals surface area contributed by atoms with Crippen molar-refractivity contribution in [2.24, 2.45) is 11.8 Å². The molecule has 114 valence electrons. The molecule has 2 N–H and O–H groups in total. The summed E-state index contributed by atoms with van der Waals surface area (Å²) in [6, 6.07) is 6.08. The van der Waals surface area contributed by atoms with Crippen molar-refractivity contribution in [3.05, 3.63) is 29.3 Å². The number of hydrogen-bond donors (Lipinski definition) is 2. The van der Waals surface area contributed by atoms with Crippen LogP contribution < -0.4 is 10.6 Å². The highest BCUT2D eigenvalue weighted by Gasteiger charge is 2.33. The molecule has 2 aliphatic heterocycles. The van der Waals surface area contributed by atoms with E-state index < -0.39 is 0 Å². The van der Waals surface area contributed by atoms with Crippen molar-refractivity contribution < 1.29 is 4.79 Å². The third-order valence-corrected chi connectivity index (χ3v) is 4.95. The van der Waals surface area contributed by atoms with Crippen LogP contribution in [0.25, 0.3) is 0 Å². The standard InChI is InChI=1S/C17H25N3O/c1-12-3-4-16(7-13(12)2)19-17(21)11-20-6-5-14-8-18-9-15(14)10-20/h3-4,7,14-15,18H,5-6,8-11H2,1-2H3,(H,19,21). The lowest BCUT2D eigenvalue weighted by atomic mass is 9.89. The predicted octanol–water partition coefficient (Wildman–Crippen LogP) is 1.78. The summed E-state index contributed by atoms with van der Waals surface area (Å²) in [7, 11) is 0. The highest BCUT2D eigenvalue weighted by molar-refractivity contribution is 5.92. The molecular weight excluding hydrogens is 262 g/mol. The molecule has 4 nitrogen and oxygen atoms in total. The first-order chi connectivity index (χ1) is 10.1. The van der Waals surface area contributed by atoms with Crippen LogP contribution in [-0.4, -0.2) is 43.5 Å². The van der Waals surface area contributed by atoms with Gasteiger partial charge in [0, 0.05) is 12.2 Å². The topological polar surface area (TPSA) is 44.4 Å². The summed E-state index contributed by atoms with van der Waals surface area (Å²) in [5.74, 6) is 1.65. The van der Waals surface area contributed by atoms with Crippen LogP contribution in [-0.2, 0) is 4.79 Å². The first-order valence-corrected chi connectivity index (χ1v) is 7.92. The van der Waals surface area contributed by atoms with E-state index in [1.165, 1.54) is 17.5 Å². The van der Waals surface area contributed by atoms with Gasteiger partial charge >= 0.3 is 0 Å². The minimum absolute atomic E-state index is 0.0997. The Labute approximate surface area is 126 Å². The van der Waals surface area contributed by atoms with Crippen molar-refractivity contribution in [1.82, 2.24) is 10.2 Å². The lowest BCUT2D eigenvalue weighted by molar-refractivity contribution is -0.117. The average molecular weight is 287 g/mol. The third-order valence-electron chi connectivity index (χ3n) is 4.95. The molecule has 2 aliphatic rings. The van der Waals surface area contributed by atoms with E-state index in [1.54, 1.807) is 0 Å². The van der Waals surface area contributed by atoms with Crippen molar-refractivity contribution in [1.29, 1.82) is 0 Å². The van der Waals surface area contributed by atoms with Crippen LogP contribution in [0.3, 0.4) is 0 Å². The second kappa shape index (κ2) is 6.16. The lowest BCUT2D eigenvalue weighted by Crippen LogP contribution is -2.43. The van der Waals surface area contributed by atoms with E-state index in [4.69, 9.17) is 0 Å². The van der Waals surface area contributed by atoms with Gasteiger partial charge in [-0.3, -0.25) is 9.69 Å². The van der Waals surface area contributed by atoms with Gasteiger partial charge < -0.3 is 10.6 Å². The van der Waals surface area contributed by atoms with E-state index in [2.05, 4.69) is 35.4 Å². The number of rotatable bonds is 3. The quantitative estimate of drug-likeness (QED) is 0.891. The van der Waals surface area contributed by atoms with Gasteiger partial charge in [0.25, 0.3) is 0 Å². The molecular formula is C17H25N3O. The molecule has 0 aromatic heterocycles. The van der Waals surface area contributed by atoms with Crippen LogP contribution in [0.5, 0.6) is 0 Å². The van der Waals surface area contributed by atoms with Crippen molar-refractivity contribution >= 4 is 11.6 Å². The molecule has 2 saturated heterocycles. The van der Waals surface area contributed by atoms with Crippen LogP contribution >= 0.6 is 0 Å². The van der Waals surface area contributed by atoms with Gasteiger partial charge in [0.1, 0.15) is 0 Å². The Balaban J connectivity index is 1.53. The minimum Gasteiger partial charge on any atom is -0.325 e. The number of hydrogen-bond acceptors (Lipinski definition) is 3. The zero-order chi connectivity index (χ0) is 14.8. The van der Waals surface area contributed by atoms with Crippen molar-refractivity contribution in [3.63, 3.8) is 0 Å². The summed E-state index contributed by atoms with van der Waals surface area (Å²) in [5, 5.41) is 6.48. The van der Waals surface area contributed by atoms with E-state index in [-0.39, 0.29) is 5.91 Å². The average Bonchev–Trinajstić information content (AvgIpc) is 2.90. The molecule has 3 rings (SSSR count). The maximum absolute atomic E-state index is 12.2. The molecule has 2 atom stereocenters. The molecule has 2 heterocycles. The molecule has 2 fully saturated rings. The van der Waals surface area contributed by atoms with Crippen LogP contribution in [0.2, 0.25) is 0 Å². The van der Waals surface area contributed by atoms with Gasteiger partial charge in [-0.1, -0.05) is 6.07 Å². The van der Waals surface area contributed by atoms with E-state index in [9.17, 15) is 4.79 Å². The van der Waals surface area contributed by atoms with Crippen molar-refractivity contribution in [3.8, 4) is 0 Å². The minimum atomic E-state index is 0.0997. The zero-order valence-electron chi connectivity index (χ0n) is 13.0. The number of aryl methyl sites for hydroxylation is 2. The van der Waals surface area contributed by atoms with Gasteiger partial charge in [0.15, 0.2) is 0 Å². The second-order valence-electron chi connectivity index (χ2n) is 6.55. The van der Waals surface area contributed by atoms with Crippen molar-refractivity contribution in [2.75, 3.05) is 38.0 Å². The van der Waals surface area contributed by atoms with E-state index in [0.717, 1.165) is 43.7 Å². The molecule has 0 aliphatic carbocycles. The molecule has 1 aromatic carbocycles. The molecule has 1 aromatic rings. The Kier molecular flexibility index (Phi) is 4.27. The van der Waals surface area contributed by atoms with E-state index in [1.807, 2.05) is 12.1 Å². The summed E-state index contributed by atoms with van der Waals surface area (Å²) >= 11 is 0. The molecule has 21 heavy (non-hydrogen) atoms. The number of likely N-dealkylation sites (tertiary alicyclic amines) is 1. The molecule has 4 heteroatoms. The number of piperidine rings is 1. The lowest BCUT2D eigenvalue weighted by Gasteiger charge is -2.33. The number of fused-ring (bicyclic) bond motifs is 1. The van der Waals surface area contributed by atoms with Gasteiger partial charge in [-0.25, -0.2) is 0 Å². The fourth-order valence-electron chi connectivity index (χ4n) is 3.48. The monoisotopic (exact) mass is 287 g/mol. The first-order valence-electron chi connectivity index (χ1n) is 7.92. The Morgan fingerprint density at radius 2 is 2.10 bits per heavy atom. The number of nitrogens with zero attached hydrogens (tertiary/aromatic N) is 1. The van der Waals surface area contributed by atoms with Gasteiger partial charge in [-0.2, -0.15) is 0 Å². The summed E-state index contributed by atoms with van der Waals surface area (Å²) in [6.45, 7) is 9.04. The normalized spacial score (nSPS) is 25.6. The Morgan fingerprint density at radius 3 is 2.90 bits per heavy atom. The second-order valence-corrected chi connectivity index (χ2v) is 6.55. The fraction of sp³-hybridized carbons (Fsp3) is 0.588. The Bertz CT molecular complexity index is 529. The first kappa shape index (κ1) is 14.5. The summed E-state index contributed by atoms with van der Waals surface area (Å²) < 4.78 is 0. The van der Waals surface area contributed by atoms with Gasteiger partial charge in [-0.15, -0.1) is 0 Å². The van der Waals surface area contributed by atoms with Gasteiger partial charge in [-0.05, 0) is 75.0 Å². The van der Waals surface area contributed by atoms with E-state index in [0.29, 0.717) is 6.54 Å². The Hall–Kier alpha value is -1.39. The number of amides is 1. The molecule has 0 spiro atoms. The molecule has 0 radical (unpaired) electrons. The number of carbonyl (C=O) groups is 1. The third kappa shape index (κ3) is 3.44. The number of nitrogens with one attached hydrogen (secondary N) is 2. The maximum Gasteiger partial charge on any atom is 0.238 e. The highest BCUT2D eigenvalue weighted by atomic mass is 16.2. The smallest absolute Gasteiger partial charge is 0.238 e. The zero-order valence-corrected chi connectivity index (χ0v) is 13.0. The highest BCUT2D eigenvalue weighted by Crippen LogP contribution is 2.26. The molecule has 1 amide bonds. The SMILES string of the molecule is Cc1ccc(NC(=O)CN2CCC3CNCC3C2)cc1C. The Morgan fingerprint density at radius 1 is 1.29 bits per heavy atom. The van der Waals surface area contributed by atoms with Crippen LogP contribution in [0, 0.1) is 25.7 Å². The van der Waals surface area contributed by atoms with Crippen LogP contribution in [0.15, 0.2) is 18.2 Å². The van der Waals surface area contributed by atoms with Crippen molar-refractivity contribution in [2.45, 2.75) is 20.3 Å². The van der Waals surface area contributed by atoms with E-state index >= 15 is 0 Å². The summed E-state index contributed by atoms with van der Waals surface area (Å²) in [6.07, 6.45) is 1.22. The largest absolute Gasteiger partial charge is 0.325 e.